The topological polar surface area (TPSA) is 75.4 Å². The first kappa shape index (κ1) is 18.0. The van der Waals surface area contributed by atoms with E-state index >= 15 is 0 Å². The van der Waals surface area contributed by atoms with E-state index in [-0.39, 0.29) is 48.9 Å². The first-order chi connectivity index (χ1) is 13.1. The van der Waals surface area contributed by atoms with Crippen molar-refractivity contribution in [3.8, 4) is 0 Å². The van der Waals surface area contributed by atoms with Crippen molar-refractivity contribution >= 4 is 23.6 Å². The Morgan fingerprint density at radius 1 is 1.33 bits per heavy atom. The fourth-order valence-corrected chi connectivity index (χ4v) is 4.79. The number of carbonyl (C=O) groups excluding carboxylic acids is 2. The number of likely N-dealkylation sites (tertiary alicyclic amines) is 1. The maximum atomic E-state index is 14.2. The van der Waals surface area contributed by atoms with Crippen LogP contribution in [0.25, 0.3) is 0 Å². The molecule has 0 spiro atoms. The summed E-state index contributed by atoms with van der Waals surface area (Å²) in [6.45, 7) is 0.457. The first-order valence-electron chi connectivity index (χ1n) is 8.89. The maximum Gasteiger partial charge on any atom is 0.292 e. The van der Waals surface area contributed by atoms with Crippen LogP contribution in [-0.4, -0.2) is 52.5 Å². The maximum absolute atomic E-state index is 14.2. The number of aromatic nitrogens is 1. The Kier molecular flexibility index (Phi) is 4.90. The van der Waals surface area contributed by atoms with Crippen LogP contribution in [-0.2, 0) is 11.2 Å². The van der Waals surface area contributed by atoms with Crippen LogP contribution in [0, 0.1) is 11.2 Å². The lowest BCUT2D eigenvalue weighted by Crippen LogP contribution is -2.66. The van der Waals surface area contributed by atoms with E-state index in [2.05, 4.69) is 10.5 Å². The summed E-state index contributed by atoms with van der Waals surface area (Å²) in [5.41, 5.74) is -0.342. The Morgan fingerprint density at radius 2 is 2.15 bits per heavy atom. The van der Waals surface area contributed by atoms with Gasteiger partial charge in [0, 0.05) is 31.0 Å². The van der Waals surface area contributed by atoms with Crippen LogP contribution in [0.15, 0.2) is 41.1 Å². The Labute approximate surface area is 160 Å². The van der Waals surface area contributed by atoms with Gasteiger partial charge in [-0.2, -0.15) is 11.8 Å². The van der Waals surface area contributed by atoms with Gasteiger partial charge in [0.25, 0.3) is 5.91 Å². The van der Waals surface area contributed by atoms with Crippen molar-refractivity contribution in [3.05, 3.63) is 53.7 Å². The minimum atomic E-state index is -0.828. The standard InChI is InChI=1S/C19H20FN3O3S/c20-15-4-2-1-3-13(15)9-19(18(25)22-14-6-8-27-10-14)11-23(12-19)17(24)16-5-7-21-26-16/h1-5,7,14H,6,8-12H2,(H,22,25). The third-order valence-electron chi connectivity index (χ3n) is 5.16. The molecule has 6 nitrogen and oxygen atoms in total. The molecule has 0 bridgehead atoms. The van der Waals surface area contributed by atoms with Crippen molar-refractivity contribution in [3.63, 3.8) is 0 Å². The van der Waals surface area contributed by atoms with Crippen LogP contribution < -0.4 is 5.32 Å². The molecular weight excluding hydrogens is 369 g/mol. The number of nitrogens with zero attached hydrogens (tertiary/aromatic N) is 2. The predicted octanol–water partition coefficient (Wildman–Crippen LogP) is 2.12. The lowest BCUT2D eigenvalue weighted by Gasteiger charge is -2.49. The predicted molar refractivity (Wildman–Crippen MR) is 98.8 cm³/mol. The van der Waals surface area contributed by atoms with Crippen molar-refractivity contribution < 1.29 is 18.5 Å². The minimum absolute atomic E-state index is 0.111. The highest BCUT2D eigenvalue weighted by molar-refractivity contribution is 7.99. The number of halogens is 1. The Balaban J connectivity index is 1.52. The molecule has 2 amide bonds. The number of hydrogen-bond donors (Lipinski definition) is 1. The van der Waals surface area contributed by atoms with Gasteiger partial charge in [-0.25, -0.2) is 4.39 Å². The lowest BCUT2D eigenvalue weighted by atomic mass is 9.73. The number of thioether (sulfide) groups is 1. The average molecular weight is 389 g/mol. The second kappa shape index (κ2) is 7.34. The zero-order chi connectivity index (χ0) is 18.9. The van der Waals surface area contributed by atoms with Crippen molar-refractivity contribution in [2.45, 2.75) is 18.9 Å². The van der Waals surface area contributed by atoms with Crippen LogP contribution in [0.3, 0.4) is 0 Å². The van der Waals surface area contributed by atoms with E-state index in [1.54, 1.807) is 23.1 Å². The number of amides is 2. The van der Waals surface area contributed by atoms with Gasteiger partial charge in [-0.3, -0.25) is 9.59 Å². The first-order valence-corrected chi connectivity index (χ1v) is 10.0. The fraction of sp³-hybridized carbons (Fsp3) is 0.421. The molecule has 1 atom stereocenters. The van der Waals surface area contributed by atoms with Gasteiger partial charge in [0.2, 0.25) is 11.7 Å². The zero-order valence-electron chi connectivity index (χ0n) is 14.7. The van der Waals surface area contributed by atoms with Gasteiger partial charge in [-0.05, 0) is 30.2 Å². The molecule has 1 aromatic heterocycles. The molecule has 0 saturated carbocycles. The highest BCUT2D eigenvalue weighted by atomic mass is 32.2. The summed E-state index contributed by atoms with van der Waals surface area (Å²) < 4.78 is 19.1. The van der Waals surface area contributed by atoms with Crippen LogP contribution >= 0.6 is 11.8 Å². The summed E-state index contributed by atoms with van der Waals surface area (Å²) in [5.74, 6) is 1.31. The van der Waals surface area contributed by atoms with E-state index in [1.165, 1.54) is 18.3 Å². The van der Waals surface area contributed by atoms with E-state index in [1.807, 2.05) is 11.8 Å². The molecule has 1 unspecified atom stereocenters. The average Bonchev–Trinajstić information content (AvgIpc) is 3.32. The highest BCUT2D eigenvalue weighted by Gasteiger charge is 2.52. The summed E-state index contributed by atoms with van der Waals surface area (Å²) in [6.07, 6.45) is 2.60. The molecule has 8 heteroatoms. The summed E-state index contributed by atoms with van der Waals surface area (Å²) in [4.78, 5) is 27.0. The third kappa shape index (κ3) is 3.58. The molecule has 2 aliphatic rings. The molecule has 3 heterocycles. The molecule has 0 aliphatic carbocycles. The second-order valence-electron chi connectivity index (χ2n) is 7.12. The summed E-state index contributed by atoms with van der Waals surface area (Å²) in [6, 6.07) is 8.10. The van der Waals surface area contributed by atoms with E-state index in [0.29, 0.717) is 5.56 Å². The second-order valence-corrected chi connectivity index (χ2v) is 8.27. The van der Waals surface area contributed by atoms with E-state index < -0.39 is 5.41 Å². The number of benzene rings is 1. The SMILES string of the molecule is O=C(c1ccno1)N1CC(Cc2ccccc2F)(C(=O)NC2CCSC2)C1. The molecule has 2 saturated heterocycles. The van der Waals surface area contributed by atoms with Gasteiger partial charge in [-0.1, -0.05) is 23.4 Å². The van der Waals surface area contributed by atoms with Crippen LogP contribution in [0.2, 0.25) is 0 Å². The van der Waals surface area contributed by atoms with E-state index in [0.717, 1.165) is 17.9 Å². The summed E-state index contributed by atoms with van der Waals surface area (Å²) in [7, 11) is 0. The molecule has 1 aromatic carbocycles. The zero-order valence-corrected chi connectivity index (χ0v) is 15.5. The molecule has 27 heavy (non-hydrogen) atoms. The normalized spacial score (nSPS) is 20.9. The van der Waals surface area contributed by atoms with Crippen LogP contribution in [0.4, 0.5) is 4.39 Å². The lowest BCUT2D eigenvalue weighted by molar-refractivity contribution is -0.140. The molecule has 2 fully saturated rings. The Morgan fingerprint density at radius 3 is 2.81 bits per heavy atom. The minimum Gasteiger partial charge on any atom is -0.352 e. The smallest absolute Gasteiger partial charge is 0.292 e. The third-order valence-corrected chi connectivity index (χ3v) is 6.32. The Hall–Kier alpha value is -2.35. The summed E-state index contributed by atoms with van der Waals surface area (Å²) in [5, 5.41) is 6.65. The van der Waals surface area contributed by atoms with Crippen molar-refractivity contribution in [2.24, 2.45) is 5.41 Å². The fourth-order valence-electron chi connectivity index (χ4n) is 3.64. The Bertz CT molecular complexity index is 830. The number of rotatable bonds is 5. The van der Waals surface area contributed by atoms with E-state index in [9.17, 15) is 14.0 Å². The van der Waals surface area contributed by atoms with Crippen molar-refractivity contribution in [2.75, 3.05) is 24.6 Å². The molecule has 142 valence electrons. The molecule has 0 radical (unpaired) electrons. The van der Waals surface area contributed by atoms with Gasteiger partial charge in [0.1, 0.15) is 5.82 Å². The van der Waals surface area contributed by atoms with Gasteiger partial charge >= 0.3 is 0 Å². The monoisotopic (exact) mass is 389 g/mol. The molecule has 1 N–H and O–H groups in total. The number of carbonyl (C=O) groups is 2. The molecule has 4 rings (SSSR count). The van der Waals surface area contributed by atoms with Gasteiger partial charge in [0.15, 0.2) is 0 Å². The van der Waals surface area contributed by atoms with E-state index in [4.69, 9.17) is 4.52 Å². The van der Waals surface area contributed by atoms with Crippen LogP contribution in [0.5, 0.6) is 0 Å². The molecule has 2 aromatic rings. The van der Waals surface area contributed by atoms with Gasteiger partial charge in [0.05, 0.1) is 11.6 Å². The molecular formula is C19H20FN3O3S. The van der Waals surface area contributed by atoms with Gasteiger partial charge < -0.3 is 14.7 Å². The van der Waals surface area contributed by atoms with Crippen molar-refractivity contribution in [1.29, 1.82) is 0 Å². The highest BCUT2D eigenvalue weighted by Crippen LogP contribution is 2.37. The number of hydrogen-bond acceptors (Lipinski definition) is 5. The number of nitrogens with one attached hydrogen (secondary N) is 1. The van der Waals surface area contributed by atoms with Crippen molar-refractivity contribution in [1.82, 2.24) is 15.4 Å². The largest absolute Gasteiger partial charge is 0.352 e. The molecule has 2 aliphatic heterocycles. The quantitative estimate of drug-likeness (QED) is 0.848. The van der Waals surface area contributed by atoms with Crippen LogP contribution in [0.1, 0.15) is 22.5 Å². The van der Waals surface area contributed by atoms with Gasteiger partial charge in [-0.15, -0.1) is 0 Å². The summed E-state index contributed by atoms with van der Waals surface area (Å²) >= 11 is 1.81.